The van der Waals surface area contributed by atoms with E-state index in [1.807, 2.05) is 4.90 Å². The van der Waals surface area contributed by atoms with Crippen LogP contribution in [-0.2, 0) is 9.59 Å². The average Bonchev–Trinajstić information content (AvgIpc) is 3.68. The second kappa shape index (κ2) is 13.2. The van der Waals surface area contributed by atoms with Crippen LogP contribution in [0.4, 0.5) is 24.9 Å². The normalized spacial score (nSPS) is 18.2. The van der Waals surface area contributed by atoms with Crippen LogP contribution in [0.15, 0.2) is 66.9 Å². The third-order valence-corrected chi connectivity index (χ3v) is 8.97. The second-order valence-corrected chi connectivity index (χ2v) is 12.4. The zero-order valence-electron chi connectivity index (χ0n) is 26.4. The molecule has 49 heavy (non-hydrogen) atoms. The van der Waals surface area contributed by atoms with Gasteiger partial charge in [-0.2, -0.15) is 28.2 Å². The summed E-state index contributed by atoms with van der Waals surface area (Å²) in [6.45, 7) is 3.29. The molecule has 0 amide bonds. The topological polar surface area (TPSA) is 169 Å². The number of carboxylic acids is 2. The summed E-state index contributed by atoms with van der Waals surface area (Å²) in [5.41, 5.74) is 7.85. The lowest BCUT2D eigenvalue weighted by molar-refractivity contribution is -0.198. The first-order chi connectivity index (χ1) is 23.3. The monoisotopic (exact) mass is 677 g/mol. The molecular formula is C34H34F3N7O5. The molecule has 0 bridgehead atoms. The Hall–Kier alpha value is -5.44. The lowest BCUT2D eigenvalue weighted by atomic mass is 9.76. The van der Waals surface area contributed by atoms with Gasteiger partial charge in [-0.1, -0.05) is 24.3 Å². The van der Waals surface area contributed by atoms with Gasteiger partial charge in [0.05, 0.1) is 11.4 Å². The van der Waals surface area contributed by atoms with E-state index in [1.165, 1.54) is 29.0 Å². The van der Waals surface area contributed by atoms with Gasteiger partial charge in [0.15, 0.2) is 0 Å². The molecule has 2 atom stereocenters. The number of piperidine rings is 1. The predicted molar refractivity (Wildman–Crippen MR) is 174 cm³/mol. The van der Waals surface area contributed by atoms with Gasteiger partial charge in [0.1, 0.15) is 11.9 Å². The van der Waals surface area contributed by atoms with Crippen molar-refractivity contribution in [2.45, 2.75) is 44.5 Å². The van der Waals surface area contributed by atoms with Crippen LogP contribution < -0.4 is 20.7 Å². The molecule has 256 valence electrons. The summed E-state index contributed by atoms with van der Waals surface area (Å²) in [5.74, 6) is -2.34. The first-order valence-electron chi connectivity index (χ1n) is 15.6. The maximum Gasteiger partial charge on any atom is 0.429 e. The molecule has 12 nitrogen and oxygen atoms in total. The summed E-state index contributed by atoms with van der Waals surface area (Å²) in [5, 5.41) is 25.8. The Balaban J connectivity index is 1.33. The van der Waals surface area contributed by atoms with Gasteiger partial charge in [-0.3, -0.25) is 4.79 Å². The van der Waals surface area contributed by atoms with Crippen molar-refractivity contribution >= 4 is 29.8 Å². The number of nitrogens with two attached hydrogens (primary N) is 1. The van der Waals surface area contributed by atoms with Gasteiger partial charge in [0.25, 0.3) is 0 Å². The van der Waals surface area contributed by atoms with Crippen molar-refractivity contribution in [2.75, 3.05) is 30.3 Å². The van der Waals surface area contributed by atoms with Gasteiger partial charge >= 0.3 is 18.1 Å². The summed E-state index contributed by atoms with van der Waals surface area (Å²) >= 11 is 0. The lowest BCUT2D eigenvalue weighted by Gasteiger charge is -2.39. The minimum atomic E-state index is -4.91. The molecule has 4 heterocycles. The average molecular weight is 678 g/mol. The fourth-order valence-corrected chi connectivity index (χ4v) is 6.45. The number of rotatable bonds is 9. The number of anilines is 2. The molecule has 1 spiro atoms. The Morgan fingerprint density at radius 1 is 1.08 bits per heavy atom. The van der Waals surface area contributed by atoms with E-state index >= 15 is 13.2 Å². The smallest absolute Gasteiger partial charge is 0.429 e. The standard InChI is InChI=1S/C34H34F3N7O5/c1-20-9-12-44(42-20)26-7-6-23(22-4-2-3-21(15-22)5-8-29(45)46)16-24(26)30(34(35,36)37)49-28-17-27(40-32(38)41-28)43-13-10-33(11-14-43)18-25(31(47)48)39-19-33/h2-9,12,15-17,25,30,39H,10-11,13-14,18-19H2,1H3,(H,45,46)(H,47,48)(H2,38,40,41)/b8-5+/t25-,30?/m0/s1. The third-order valence-electron chi connectivity index (χ3n) is 8.97. The molecule has 2 saturated heterocycles. The van der Waals surface area contributed by atoms with E-state index in [1.54, 1.807) is 49.5 Å². The molecule has 2 aromatic heterocycles. The van der Waals surface area contributed by atoms with E-state index in [4.69, 9.17) is 15.6 Å². The van der Waals surface area contributed by atoms with Gasteiger partial charge in [-0.15, -0.1) is 0 Å². The summed E-state index contributed by atoms with van der Waals surface area (Å²) in [6.07, 6.45) is -1.63. The first-order valence-corrected chi connectivity index (χ1v) is 15.6. The van der Waals surface area contributed by atoms with Crippen molar-refractivity contribution in [3.63, 3.8) is 0 Å². The molecule has 15 heteroatoms. The highest BCUT2D eigenvalue weighted by Gasteiger charge is 2.46. The van der Waals surface area contributed by atoms with Gasteiger partial charge in [-0.25, -0.2) is 9.48 Å². The van der Waals surface area contributed by atoms with Crippen LogP contribution in [0.1, 0.15) is 42.2 Å². The Labute approximate surface area is 279 Å². The zero-order valence-corrected chi connectivity index (χ0v) is 26.4. The van der Waals surface area contributed by atoms with Crippen LogP contribution >= 0.6 is 0 Å². The molecule has 1 unspecified atom stereocenters. The number of alkyl halides is 3. The largest absolute Gasteiger partial charge is 0.480 e. The number of nitrogens with zero attached hydrogens (tertiary/aromatic N) is 5. The second-order valence-electron chi connectivity index (χ2n) is 12.4. The summed E-state index contributed by atoms with van der Waals surface area (Å²) in [7, 11) is 0. The highest BCUT2D eigenvalue weighted by atomic mass is 19.4. The number of hydrogen-bond acceptors (Lipinski definition) is 9. The number of carbonyl (C=O) groups is 2. The van der Waals surface area contributed by atoms with Gasteiger partial charge in [0, 0.05) is 43.5 Å². The van der Waals surface area contributed by atoms with E-state index in [9.17, 15) is 14.7 Å². The highest BCUT2D eigenvalue weighted by Crippen LogP contribution is 2.43. The van der Waals surface area contributed by atoms with E-state index in [0.29, 0.717) is 67.1 Å². The molecule has 0 radical (unpaired) electrons. The van der Waals surface area contributed by atoms with E-state index in [0.717, 1.165) is 6.08 Å². The molecule has 0 aliphatic carbocycles. The number of nitrogen functional groups attached to an aromatic ring is 1. The fourth-order valence-electron chi connectivity index (χ4n) is 6.45. The Kier molecular flexibility index (Phi) is 9.03. The molecule has 0 saturated carbocycles. The number of aryl methyl sites for hydroxylation is 1. The van der Waals surface area contributed by atoms with Crippen LogP contribution in [0.25, 0.3) is 22.9 Å². The minimum Gasteiger partial charge on any atom is -0.480 e. The quantitative estimate of drug-likeness (QED) is 0.175. The van der Waals surface area contributed by atoms with Crippen LogP contribution in [0, 0.1) is 12.3 Å². The molecular weight excluding hydrogens is 643 g/mol. The van der Waals surface area contributed by atoms with Crippen LogP contribution in [-0.4, -0.2) is 73.8 Å². The van der Waals surface area contributed by atoms with Crippen molar-refractivity contribution in [1.82, 2.24) is 25.1 Å². The number of halogens is 3. The van der Waals surface area contributed by atoms with Crippen LogP contribution in [0.3, 0.4) is 0 Å². The fraction of sp³-hybridized carbons (Fsp3) is 0.324. The maximum absolute atomic E-state index is 15.0. The van der Waals surface area contributed by atoms with Crippen molar-refractivity contribution in [3.05, 3.63) is 83.7 Å². The summed E-state index contributed by atoms with van der Waals surface area (Å²) in [6, 6.07) is 13.7. The highest BCUT2D eigenvalue weighted by molar-refractivity contribution is 5.85. The van der Waals surface area contributed by atoms with Crippen molar-refractivity contribution < 1.29 is 37.7 Å². The number of aromatic nitrogens is 4. The number of hydrogen-bond donors (Lipinski definition) is 4. The molecule has 2 aliphatic heterocycles. The summed E-state index contributed by atoms with van der Waals surface area (Å²) < 4.78 is 52.1. The van der Waals surface area contributed by atoms with Gasteiger partial charge in [-0.05, 0) is 78.6 Å². The van der Waals surface area contributed by atoms with Crippen molar-refractivity contribution in [3.8, 4) is 22.7 Å². The number of ether oxygens (including phenoxy) is 1. The van der Waals surface area contributed by atoms with Crippen molar-refractivity contribution in [1.29, 1.82) is 0 Å². The SMILES string of the molecule is Cc1ccn(-c2ccc(-c3cccc(/C=C/C(=O)O)c3)cc2C(Oc2cc(N3CCC4(CC3)CN[C@H](C(=O)O)C4)nc(N)n2)C(F)(F)F)n1. The Bertz CT molecular complexity index is 1900. The number of carboxylic acid groups (broad SMARTS) is 2. The van der Waals surface area contributed by atoms with E-state index in [-0.39, 0.29) is 28.5 Å². The zero-order chi connectivity index (χ0) is 34.9. The number of aliphatic carboxylic acids is 2. The Morgan fingerprint density at radius 2 is 1.84 bits per heavy atom. The molecule has 4 aromatic rings. The minimum absolute atomic E-state index is 0.134. The molecule has 2 aliphatic rings. The number of nitrogens with one attached hydrogen (secondary N) is 1. The molecule has 2 aromatic carbocycles. The van der Waals surface area contributed by atoms with Gasteiger partial charge in [0.2, 0.25) is 17.9 Å². The van der Waals surface area contributed by atoms with Crippen LogP contribution in [0.2, 0.25) is 0 Å². The maximum atomic E-state index is 15.0. The molecule has 6 rings (SSSR count). The molecule has 2 fully saturated rings. The first kappa shape index (κ1) is 33.5. The van der Waals surface area contributed by atoms with Gasteiger partial charge < -0.3 is 30.9 Å². The lowest BCUT2D eigenvalue weighted by Crippen LogP contribution is -2.41. The summed E-state index contributed by atoms with van der Waals surface area (Å²) in [4.78, 5) is 32.7. The third kappa shape index (κ3) is 7.51. The van der Waals surface area contributed by atoms with Crippen LogP contribution in [0.5, 0.6) is 5.88 Å². The number of benzene rings is 2. The Morgan fingerprint density at radius 3 is 2.49 bits per heavy atom. The molecule has 5 N–H and O–H groups in total. The van der Waals surface area contributed by atoms with E-state index < -0.39 is 30.3 Å². The van der Waals surface area contributed by atoms with E-state index in [2.05, 4.69) is 20.4 Å². The predicted octanol–water partition coefficient (Wildman–Crippen LogP) is 5.03. The van der Waals surface area contributed by atoms with Crippen molar-refractivity contribution in [2.24, 2.45) is 5.41 Å².